The van der Waals surface area contributed by atoms with Crippen molar-refractivity contribution in [1.29, 1.82) is 0 Å². The summed E-state index contributed by atoms with van der Waals surface area (Å²) in [6.07, 6.45) is 0. The maximum absolute atomic E-state index is 5.82. The number of aromatic nitrogens is 1. The summed E-state index contributed by atoms with van der Waals surface area (Å²) in [5.41, 5.74) is 4.32. The summed E-state index contributed by atoms with van der Waals surface area (Å²) in [5.74, 6) is 0.590. The van der Waals surface area contributed by atoms with Crippen molar-refractivity contribution in [2.24, 2.45) is 0 Å². The molecule has 0 spiro atoms. The van der Waals surface area contributed by atoms with Crippen molar-refractivity contribution in [3.05, 3.63) is 78.9 Å². The van der Waals surface area contributed by atoms with Crippen LogP contribution in [0.1, 0.15) is 0 Å². The second kappa shape index (κ2) is 6.75. The van der Waals surface area contributed by atoms with Gasteiger partial charge in [0.2, 0.25) is 5.89 Å². The van der Waals surface area contributed by atoms with E-state index in [1.54, 1.807) is 0 Å². The van der Waals surface area contributed by atoms with Crippen LogP contribution in [0, 0.1) is 0 Å². The maximum Gasteiger partial charge on any atom is 0.227 e. The molecule has 0 saturated carbocycles. The second-order valence-corrected chi connectivity index (χ2v) is 5.92. The summed E-state index contributed by atoms with van der Waals surface area (Å²) in [5, 5.41) is 6.87. The molecule has 0 fully saturated rings. The molecule has 4 rings (SSSR count). The number of hydrogen-bond donors (Lipinski definition) is 2. The molecule has 1 aromatic heterocycles. The number of benzene rings is 3. The molecule has 0 bridgehead atoms. The number of anilines is 2. The van der Waals surface area contributed by atoms with Gasteiger partial charge in [0.1, 0.15) is 5.52 Å². The van der Waals surface area contributed by atoms with Gasteiger partial charge in [-0.25, -0.2) is 4.98 Å². The Hall–Kier alpha value is -3.18. The molecule has 25 heavy (non-hydrogen) atoms. The Morgan fingerprint density at radius 1 is 0.800 bits per heavy atom. The Balaban J connectivity index is 1.54. The normalized spacial score (nSPS) is 10.6. The van der Waals surface area contributed by atoms with Crippen LogP contribution in [0.15, 0.2) is 83.3 Å². The zero-order valence-corrected chi connectivity index (χ0v) is 14.1. The highest BCUT2D eigenvalue weighted by molar-refractivity contribution is 7.80. The van der Waals surface area contributed by atoms with E-state index in [1.165, 1.54) is 0 Å². The van der Waals surface area contributed by atoms with Gasteiger partial charge in [0.15, 0.2) is 10.7 Å². The van der Waals surface area contributed by atoms with Gasteiger partial charge in [-0.1, -0.05) is 36.4 Å². The first-order chi connectivity index (χ1) is 12.3. The fourth-order valence-electron chi connectivity index (χ4n) is 2.54. The fraction of sp³-hybridized carbons (Fsp3) is 0. The number of fused-ring (bicyclic) bond motifs is 1. The highest BCUT2D eigenvalue weighted by Gasteiger charge is 2.08. The first-order valence-corrected chi connectivity index (χ1v) is 8.28. The minimum Gasteiger partial charge on any atom is -0.436 e. The van der Waals surface area contributed by atoms with E-state index in [0.29, 0.717) is 11.0 Å². The molecule has 0 aliphatic rings. The standard InChI is InChI=1S/C20H15N3OS/c25-20(21-15-8-2-1-3-9-15)22-16-10-6-7-14(13-16)19-23-17-11-4-5-12-18(17)24-19/h1-13H,(H2,21,22,25). The summed E-state index contributed by atoms with van der Waals surface area (Å²) in [7, 11) is 0. The molecule has 4 nitrogen and oxygen atoms in total. The first kappa shape index (κ1) is 15.4. The lowest BCUT2D eigenvalue weighted by Crippen LogP contribution is -2.18. The van der Waals surface area contributed by atoms with Crippen molar-refractivity contribution < 1.29 is 4.42 Å². The number of thiocarbonyl (C=S) groups is 1. The molecule has 0 radical (unpaired) electrons. The highest BCUT2D eigenvalue weighted by atomic mass is 32.1. The van der Waals surface area contributed by atoms with Gasteiger partial charge >= 0.3 is 0 Å². The van der Waals surface area contributed by atoms with Gasteiger partial charge in [0.05, 0.1) is 0 Å². The van der Waals surface area contributed by atoms with Crippen LogP contribution in [0.25, 0.3) is 22.6 Å². The van der Waals surface area contributed by atoms with Gasteiger partial charge in [-0.3, -0.25) is 0 Å². The third-order valence-electron chi connectivity index (χ3n) is 3.69. The SMILES string of the molecule is S=C(Nc1ccccc1)Nc1cccc(-c2nc3ccccc3o2)c1. The second-order valence-electron chi connectivity index (χ2n) is 5.51. The summed E-state index contributed by atoms with van der Waals surface area (Å²) >= 11 is 5.37. The van der Waals surface area contributed by atoms with Gasteiger partial charge < -0.3 is 15.1 Å². The zero-order chi connectivity index (χ0) is 17.1. The van der Waals surface area contributed by atoms with E-state index in [9.17, 15) is 0 Å². The van der Waals surface area contributed by atoms with Crippen molar-refractivity contribution >= 4 is 39.8 Å². The minimum absolute atomic E-state index is 0.529. The van der Waals surface area contributed by atoms with Crippen molar-refractivity contribution in [2.45, 2.75) is 0 Å². The van der Waals surface area contributed by atoms with Gasteiger partial charge in [0.25, 0.3) is 0 Å². The van der Waals surface area contributed by atoms with E-state index >= 15 is 0 Å². The smallest absolute Gasteiger partial charge is 0.227 e. The van der Waals surface area contributed by atoms with E-state index in [-0.39, 0.29) is 0 Å². The molecule has 5 heteroatoms. The number of hydrogen-bond acceptors (Lipinski definition) is 3. The highest BCUT2D eigenvalue weighted by Crippen LogP contribution is 2.26. The Bertz CT molecular complexity index is 994. The lowest BCUT2D eigenvalue weighted by atomic mass is 10.2. The predicted molar refractivity (Wildman–Crippen MR) is 106 cm³/mol. The Morgan fingerprint density at radius 3 is 2.36 bits per heavy atom. The topological polar surface area (TPSA) is 50.1 Å². The van der Waals surface area contributed by atoms with Crippen LogP contribution >= 0.6 is 12.2 Å². The maximum atomic E-state index is 5.82. The predicted octanol–water partition coefficient (Wildman–Crippen LogP) is 5.30. The molecule has 0 unspecified atom stereocenters. The van der Waals surface area contributed by atoms with Crippen LogP contribution in [0.3, 0.4) is 0 Å². The number of nitrogens with one attached hydrogen (secondary N) is 2. The van der Waals surface area contributed by atoms with Crippen LogP contribution in [-0.4, -0.2) is 10.1 Å². The summed E-state index contributed by atoms with van der Waals surface area (Å²) in [6, 6.07) is 25.3. The Morgan fingerprint density at radius 2 is 1.52 bits per heavy atom. The number of para-hydroxylation sites is 3. The van der Waals surface area contributed by atoms with E-state index < -0.39 is 0 Å². The fourth-order valence-corrected chi connectivity index (χ4v) is 2.78. The van der Waals surface area contributed by atoms with Crippen molar-refractivity contribution in [2.75, 3.05) is 10.6 Å². The largest absolute Gasteiger partial charge is 0.436 e. The molecule has 0 saturated heterocycles. The quantitative estimate of drug-likeness (QED) is 0.493. The first-order valence-electron chi connectivity index (χ1n) is 7.87. The molecule has 0 atom stereocenters. The third kappa shape index (κ3) is 3.51. The average Bonchev–Trinajstić information content (AvgIpc) is 3.07. The van der Waals surface area contributed by atoms with Crippen LogP contribution in [0.2, 0.25) is 0 Å². The number of nitrogens with zero attached hydrogens (tertiary/aromatic N) is 1. The van der Waals surface area contributed by atoms with E-state index in [1.807, 2.05) is 78.9 Å². The van der Waals surface area contributed by atoms with Gasteiger partial charge in [-0.2, -0.15) is 0 Å². The molecular weight excluding hydrogens is 330 g/mol. The Kier molecular flexibility index (Phi) is 4.14. The van der Waals surface area contributed by atoms with E-state index in [4.69, 9.17) is 16.6 Å². The molecule has 3 aromatic carbocycles. The van der Waals surface area contributed by atoms with E-state index in [0.717, 1.165) is 28.0 Å². The zero-order valence-electron chi connectivity index (χ0n) is 13.3. The molecule has 0 aliphatic heterocycles. The molecular formula is C20H15N3OS. The molecule has 1 heterocycles. The summed E-state index contributed by atoms with van der Waals surface area (Å²) in [4.78, 5) is 4.53. The molecule has 4 aromatic rings. The molecule has 2 N–H and O–H groups in total. The van der Waals surface area contributed by atoms with Crippen molar-refractivity contribution in [3.8, 4) is 11.5 Å². The Labute approximate surface area is 150 Å². The van der Waals surface area contributed by atoms with Gasteiger partial charge in [0, 0.05) is 16.9 Å². The van der Waals surface area contributed by atoms with Crippen LogP contribution in [-0.2, 0) is 0 Å². The van der Waals surface area contributed by atoms with Crippen LogP contribution < -0.4 is 10.6 Å². The lowest BCUT2D eigenvalue weighted by molar-refractivity contribution is 0.620. The molecule has 0 amide bonds. The van der Waals surface area contributed by atoms with Gasteiger partial charge in [-0.05, 0) is 54.7 Å². The molecule has 0 aliphatic carbocycles. The number of oxazole rings is 1. The van der Waals surface area contributed by atoms with Crippen LogP contribution in [0.5, 0.6) is 0 Å². The van der Waals surface area contributed by atoms with Gasteiger partial charge in [-0.15, -0.1) is 0 Å². The summed E-state index contributed by atoms with van der Waals surface area (Å²) in [6.45, 7) is 0. The molecule has 122 valence electrons. The van der Waals surface area contributed by atoms with E-state index in [2.05, 4.69) is 15.6 Å². The summed E-state index contributed by atoms with van der Waals surface area (Å²) < 4.78 is 5.82. The monoisotopic (exact) mass is 345 g/mol. The van der Waals surface area contributed by atoms with Crippen LogP contribution in [0.4, 0.5) is 11.4 Å². The number of rotatable bonds is 3. The lowest BCUT2D eigenvalue weighted by Gasteiger charge is -2.11. The third-order valence-corrected chi connectivity index (χ3v) is 3.90. The van der Waals surface area contributed by atoms with Crippen molar-refractivity contribution in [3.63, 3.8) is 0 Å². The minimum atomic E-state index is 0.529. The average molecular weight is 345 g/mol. The van der Waals surface area contributed by atoms with Crippen molar-refractivity contribution in [1.82, 2.24) is 4.98 Å².